The third kappa shape index (κ3) is 3.91. The minimum absolute atomic E-state index is 0.0251. The molecule has 0 spiro atoms. The van der Waals surface area contributed by atoms with Gasteiger partial charge in [-0.05, 0) is 43.2 Å². The van der Waals surface area contributed by atoms with Crippen LogP contribution in [-0.4, -0.2) is 17.6 Å². The zero-order valence-electron chi connectivity index (χ0n) is 13.9. The number of carbonyl (C=O) groups is 1. The van der Waals surface area contributed by atoms with Gasteiger partial charge in [0, 0.05) is 24.4 Å². The van der Waals surface area contributed by atoms with Crippen LogP contribution in [0.1, 0.15) is 23.3 Å². The Hall–Kier alpha value is -3.02. The van der Waals surface area contributed by atoms with Crippen LogP contribution >= 0.6 is 0 Å². The molecule has 0 saturated heterocycles. The Balaban J connectivity index is 1.64. The Bertz CT molecular complexity index is 940. The first-order valence-corrected chi connectivity index (χ1v) is 8.09. The van der Waals surface area contributed by atoms with Crippen LogP contribution in [0, 0.1) is 6.92 Å². The standard InChI is InChI=1S/C19H19NO5/c1-12-15-7-6-13(21)10-17(15)25-19(23)16(12)11-18(22)20-8-2-4-14-5-3-9-24-14/h3,5-7,9-10,21H,2,4,8,11H2,1H3,(H,20,22). The summed E-state index contributed by atoms with van der Waals surface area (Å²) in [6, 6.07) is 8.31. The largest absolute Gasteiger partial charge is 0.508 e. The van der Waals surface area contributed by atoms with Gasteiger partial charge < -0.3 is 19.3 Å². The highest BCUT2D eigenvalue weighted by atomic mass is 16.4. The van der Waals surface area contributed by atoms with Crippen LogP contribution in [0.15, 0.2) is 50.2 Å². The number of aromatic hydroxyl groups is 1. The monoisotopic (exact) mass is 341 g/mol. The first-order valence-electron chi connectivity index (χ1n) is 8.09. The van der Waals surface area contributed by atoms with Crippen molar-refractivity contribution >= 4 is 16.9 Å². The van der Waals surface area contributed by atoms with E-state index in [4.69, 9.17) is 8.83 Å². The molecule has 0 fully saturated rings. The predicted molar refractivity (Wildman–Crippen MR) is 92.6 cm³/mol. The van der Waals surface area contributed by atoms with E-state index in [9.17, 15) is 14.7 Å². The topological polar surface area (TPSA) is 92.7 Å². The van der Waals surface area contributed by atoms with Crippen LogP contribution in [-0.2, 0) is 17.6 Å². The lowest BCUT2D eigenvalue weighted by Gasteiger charge is -2.08. The number of benzene rings is 1. The highest BCUT2D eigenvalue weighted by Crippen LogP contribution is 2.23. The van der Waals surface area contributed by atoms with Crippen molar-refractivity contribution in [3.8, 4) is 5.75 Å². The minimum atomic E-state index is -0.554. The van der Waals surface area contributed by atoms with Gasteiger partial charge in [0.15, 0.2) is 0 Å². The molecular formula is C19H19NO5. The maximum Gasteiger partial charge on any atom is 0.340 e. The maximum atomic E-state index is 12.1. The van der Waals surface area contributed by atoms with E-state index in [1.54, 1.807) is 19.3 Å². The van der Waals surface area contributed by atoms with Crippen molar-refractivity contribution in [3.05, 3.63) is 63.9 Å². The molecule has 0 atom stereocenters. The zero-order valence-corrected chi connectivity index (χ0v) is 13.9. The SMILES string of the molecule is Cc1c(CC(=O)NCCCc2ccco2)c(=O)oc2cc(O)ccc12. The number of furan rings is 1. The molecule has 0 radical (unpaired) electrons. The average molecular weight is 341 g/mol. The number of aryl methyl sites for hydroxylation is 2. The molecule has 1 aromatic carbocycles. The number of hydrogen-bond acceptors (Lipinski definition) is 5. The Morgan fingerprint density at radius 2 is 2.12 bits per heavy atom. The average Bonchev–Trinajstić information content (AvgIpc) is 3.08. The molecule has 0 aliphatic carbocycles. The molecule has 2 aromatic heterocycles. The zero-order chi connectivity index (χ0) is 17.8. The minimum Gasteiger partial charge on any atom is -0.508 e. The first kappa shape index (κ1) is 16.8. The first-order chi connectivity index (χ1) is 12.0. The molecule has 3 rings (SSSR count). The lowest BCUT2D eigenvalue weighted by molar-refractivity contribution is -0.120. The fourth-order valence-electron chi connectivity index (χ4n) is 2.76. The van der Waals surface area contributed by atoms with E-state index in [1.807, 2.05) is 12.1 Å². The number of phenols is 1. The van der Waals surface area contributed by atoms with Gasteiger partial charge in [-0.2, -0.15) is 0 Å². The number of rotatable bonds is 6. The van der Waals surface area contributed by atoms with Crippen LogP contribution in [0.3, 0.4) is 0 Å². The van der Waals surface area contributed by atoms with Crippen molar-refractivity contribution in [2.24, 2.45) is 0 Å². The Labute approximate surface area is 144 Å². The Morgan fingerprint density at radius 1 is 1.28 bits per heavy atom. The second-order valence-electron chi connectivity index (χ2n) is 5.88. The number of carbonyl (C=O) groups excluding carboxylic acids is 1. The van der Waals surface area contributed by atoms with Gasteiger partial charge in [0.1, 0.15) is 17.1 Å². The van der Waals surface area contributed by atoms with E-state index in [0.717, 1.165) is 18.6 Å². The fraction of sp³-hybridized carbons (Fsp3) is 0.263. The second-order valence-corrected chi connectivity index (χ2v) is 5.88. The van der Waals surface area contributed by atoms with Crippen LogP contribution in [0.4, 0.5) is 0 Å². The van der Waals surface area contributed by atoms with Crippen molar-refractivity contribution in [1.82, 2.24) is 5.32 Å². The molecule has 2 N–H and O–H groups in total. The molecule has 0 aliphatic heterocycles. The summed E-state index contributed by atoms with van der Waals surface area (Å²) in [5.41, 5.74) is 0.783. The summed E-state index contributed by atoms with van der Waals surface area (Å²) in [7, 11) is 0. The van der Waals surface area contributed by atoms with Crippen molar-refractivity contribution in [3.63, 3.8) is 0 Å². The Kier molecular flexibility index (Phi) is 4.88. The lowest BCUT2D eigenvalue weighted by atomic mass is 10.0. The summed E-state index contributed by atoms with van der Waals surface area (Å²) < 4.78 is 10.5. The molecule has 25 heavy (non-hydrogen) atoms. The van der Waals surface area contributed by atoms with Crippen LogP contribution in [0.5, 0.6) is 5.75 Å². The normalized spacial score (nSPS) is 10.9. The van der Waals surface area contributed by atoms with Crippen molar-refractivity contribution in [2.45, 2.75) is 26.2 Å². The molecule has 0 unspecified atom stereocenters. The van der Waals surface area contributed by atoms with Gasteiger partial charge in [0.2, 0.25) is 5.91 Å². The highest BCUT2D eigenvalue weighted by molar-refractivity contribution is 5.85. The van der Waals surface area contributed by atoms with E-state index in [-0.39, 0.29) is 18.1 Å². The summed E-state index contributed by atoms with van der Waals surface area (Å²) in [6.45, 7) is 2.28. The molecule has 1 amide bonds. The number of nitrogens with one attached hydrogen (secondary N) is 1. The lowest BCUT2D eigenvalue weighted by Crippen LogP contribution is -2.28. The van der Waals surface area contributed by atoms with Gasteiger partial charge in [-0.3, -0.25) is 4.79 Å². The van der Waals surface area contributed by atoms with Gasteiger partial charge in [-0.25, -0.2) is 4.79 Å². The highest BCUT2D eigenvalue weighted by Gasteiger charge is 2.15. The summed E-state index contributed by atoms with van der Waals surface area (Å²) in [5, 5.41) is 13.0. The number of fused-ring (bicyclic) bond motifs is 1. The van der Waals surface area contributed by atoms with Crippen LogP contribution < -0.4 is 10.9 Å². The number of phenolic OH excluding ortho intramolecular Hbond substituents is 1. The van der Waals surface area contributed by atoms with Crippen molar-refractivity contribution in [1.29, 1.82) is 0 Å². The molecule has 2 heterocycles. The van der Waals surface area contributed by atoms with Crippen molar-refractivity contribution < 1.29 is 18.7 Å². The van der Waals surface area contributed by atoms with Gasteiger partial charge in [0.25, 0.3) is 0 Å². The van der Waals surface area contributed by atoms with Crippen LogP contribution in [0.2, 0.25) is 0 Å². The van der Waals surface area contributed by atoms with Crippen LogP contribution in [0.25, 0.3) is 11.0 Å². The van der Waals surface area contributed by atoms with E-state index in [0.29, 0.717) is 28.6 Å². The second kappa shape index (κ2) is 7.25. The van der Waals surface area contributed by atoms with E-state index in [1.165, 1.54) is 12.1 Å². The number of hydrogen-bond donors (Lipinski definition) is 2. The molecule has 130 valence electrons. The van der Waals surface area contributed by atoms with E-state index < -0.39 is 5.63 Å². The molecular weight excluding hydrogens is 322 g/mol. The van der Waals surface area contributed by atoms with Gasteiger partial charge in [0.05, 0.1) is 18.2 Å². The third-order valence-corrected chi connectivity index (χ3v) is 4.11. The van der Waals surface area contributed by atoms with E-state index in [2.05, 4.69) is 5.32 Å². The summed E-state index contributed by atoms with van der Waals surface area (Å²) >= 11 is 0. The molecule has 6 nitrogen and oxygen atoms in total. The molecule has 0 bridgehead atoms. The quantitative estimate of drug-likeness (QED) is 0.531. The van der Waals surface area contributed by atoms with E-state index >= 15 is 0 Å². The maximum absolute atomic E-state index is 12.1. The van der Waals surface area contributed by atoms with Gasteiger partial charge in [-0.1, -0.05) is 0 Å². The Morgan fingerprint density at radius 3 is 2.88 bits per heavy atom. The molecule has 6 heteroatoms. The van der Waals surface area contributed by atoms with Gasteiger partial charge in [-0.15, -0.1) is 0 Å². The smallest absolute Gasteiger partial charge is 0.340 e. The molecule has 0 aliphatic rings. The summed E-state index contributed by atoms with van der Waals surface area (Å²) in [6.07, 6.45) is 3.08. The predicted octanol–water partition coefficient (Wildman–Crippen LogP) is 2.69. The molecule has 0 saturated carbocycles. The molecule has 3 aromatic rings. The summed E-state index contributed by atoms with van der Waals surface area (Å²) in [4.78, 5) is 24.3. The van der Waals surface area contributed by atoms with Crippen molar-refractivity contribution in [2.75, 3.05) is 6.54 Å². The third-order valence-electron chi connectivity index (χ3n) is 4.11. The van der Waals surface area contributed by atoms with Gasteiger partial charge >= 0.3 is 5.63 Å². The summed E-state index contributed by atoms with van der Waals surface area (Å²) in [5.74, 6) is 0.675. The number of amides is 1. The fourth-order valence-corrected chi connectivity index (χ4v) is 2.76.